The molecule has 0 bridgehead atoms. The van der Waals surface area contributed by atoms with Crippen molar-refractivity contribution in [3.63, 3.8) is 0 Å². The number of nitrogens with zero attached hydrogens (tertiary/aromatic N) is 7. The first-order chi connectivity index (χ1) is 16.4. The third-order valence-corrected chi connectivity index (χ3v) is 7.16. The number of fused-ring (bicyclic) bond motifs is 2. The van der Waals surface area contributed by atoms with Gasteiger partial charge in [-0.05, 0) is 45.7 Å². The number of nitrogens with one attached hydrogen (secondary N) is 1. The van der Waals surface area contributed by atoms with Crippen LogP contribution in [0.1, 0.15) is 47.1 Å². The SMILES string of the molecule is CC[N+](CC)(CC)Cc1ccn2ncnc(NC(C(C)C)[C@@H](C)Oc3ccn4ncnc4c3)c12. The third kappa shape index (κ3) is 4.70. The molecule has 0 fully saturated rings. The Morgan fingerprint density at radius 2 is 1.62 bits per heavy atom. The third-order valence-electron chi connectivity index (χ3n) is 7.16. The van der Waals surface area contributed by atoms with Crippen LogP contribution in [-0.2, 0) is 6.54 Å². The minimum absolute atomic E-state index is 0.0401. The van der Waals surface area contributed by atoms with E-state index in [1.807, 2.05) is 29.0 Å². The van der Waals surface area contributed by atoms with Gasteiger partial charge in [-0.2, -0.15) is 10.2 Å². The minimum atomic E-state index is -0.101. The van der Waals surface area contributed by atoms with E-state index in [-0.39, 0.29) is 12.1 Å². The molecule has 0 saturated carbocycles. The van der Waals surface area contributed by atoms with E-state index < -0.39 is 0 Å². The summed E-state index contributed by atoms with van der Waals surface area (Å²) >= 11 is 0. The molecule has 0 spiro atoms. The Balaban J connectivity index is 1.61. The number of quaternary nitrogens is 1. The zero-order valence-corrected chi connectivity index (χ0v) is 21.1. The molecule has 0 radical (unpaired) electrons. The monoisotopic (exact) mass is 465 g/mol. The smallest absolute Gasteiger partial charge is 0.158 e. The van der Waals surface area contributed by atoms with Gasteiger partial charge in [0, 0.05) is 24.0 Å². The molecule has 2 atom stereocenters. The van der Waals surface area contributed by atoms with Crippen LogP contribution in [0.25, 0.3) is 11.2 Å². The van der Waals surface area contributed by atoms with Crippen molar-refractivity contribution in [2.75, 3.05) is 25.0 Å². The molecule has 0 aliphatic rings. The maximum absolute atomic E-state index is 6.35. The normalized spacial score (nSPS) is 14.1. The fourth-order valence-electron chi connectivity index (χ4n) is 4.76. The zero-order chi connectivity index (χ0) is 24.3. The summed E-state index contributed by atoms with van der Waals surface area (Å²) in [4.78, 5) is 8.92. The lowest BCUT2D eigenvalue weighted by atomic mass is 9.99. The van der Waals surface area contributed by atoms with Gasteiger partial charge in [0.1, 0.15) is 36.6 Å². The molecular formula is C25H37N8O+. The summed E-state index contributed by atoms with van der Waals surface area (Å²) in [5.41, 5.74) is 3.07. The topological polar surface area (TPSA) is 81.6 Å². The number of rotatable bonds is 11. The van der Waals surface area contributed by atoms with Crippen LogP contribution < -0.4 is 10.1 Å². The first-order valence-corrected chi connectivity index (χ1v) is 12.3. The number of pyridine rings is 1. The first kappa shape index (κ1) is 23.9. The van der Waals surface area contributed by atoms with E-state index >= 15 is 0 Å². The van der Waals surface area contributed by atoms with Crippen molar-refractivity contribution in [3.8, 4) is 5.75 Å². The van der Waals surface area contributed by atoms with E-state index in [4.69, 9.17) is 4.74 Å². The van der Waals surface area contributed by atoms with Gasteiger partial charge in [0.2, 0.25) is 0 Å². The lowest BCUT2D eigenvalue weighted by molar-refractivity contribution is -0.936. The van der Waals surface area contributed by atoms with Crippen molar-refractivity contribution in [1.82, 2.24) is 29.2 Å². The second-order valence-corrected chi connectivity index (χ2v) is 9.35. The van der Waals surface area contributed by atoms with Gasteiger partial charge in [-0.1, -0.05) is 13.8 Å². The largest absolute Gasteiger partial charge is 0.488 e. The molecule has 1 unspecified atom stereocenters. The Morgan fingerprint density at radius 1 is 0.941 bits per heavy atom. The van der Waals surface area contributed by atoms with Gasteiger partial charge in [0.15, 0.2) is 11.5 Å². The first-order valence-electron chi connectivity index (χ1n) is 12.3. The van der Waals surface area contributed by atoms with Crippen molar-refractivity contribution in [1.29, 1.82) is 0 Å². The fraction of sp³-hybridized carbons (Fsp3) is 0.520. The van der Waals surface area contributed by atoms with Crippen molar-refractivity contribution >= 4 is 17.0 Å². The lowest BCUT2D eigenvalue weighted by Crippen LogP contribution is -2.46. The molecule has 9 nitrogen and oxygen atoms in total. The molecule has 1 N–H and O–H groups in total. The van der Waals surface area contributed by atoms with Crippen molar-refractivity contribution in [2.24, 2.45) is 5.92 Å². The molecule has 34 heavy (non-hydrogen) atoms. The maximum atomic E-state index is 6.35. The van der Waals surface area contributed by atoms with Gasteiger partial charge in [0.25, 0.3) is 0 Å². The van der Waals surface area contributed by atoms with E-state index in [1.165, 1.54) is 5.56 Å². The van der Waals surface area contributed by atoms with Crippen LogP contribution in [0.15, 0.2) is 43.2 Å². The van der Waals surface area contributed by atoms with E-state index in [0.29, 0.717) is 5.92 Å². The summed E-state index contributed by atoms with van der Waals surface area (Å²) in [6.45, 7) is 17.5. The van der Waals surface area contributed by atoms with E-state index in [2.05, 4.69) is 73.1 Å². The average Bonchev–Trinajstić information content (AvgIpc) is 3.47. The summed E-state index contributed by atoms with van der Waals surface area (Å²) in [6.07, 6.45) is 6.95. The number of anilines is 1. The molecule has 4 heterocycles. The van der Waals surface area contributed by atoms with Crippen LogP contribution in [0, 0.1) is 5.92 Å². The molecule has 9 heteroatoms. The van der Waals surface area contributed by atoms with Gasteiger partial charge < -0.3 is 14.5 Å². The summed E-state index contributed by atoms with van der Waals surface area (Å²) in [6, 6.07) is 6.05. The second-order valence-electron chi connectivity index (χ2n) is 9.35. The van der Waals surface area contributed by atoms with Crippen LogP contribution in [0.5, 0.6) is 5.75 Å². The molecule has 4 rings (SSSR count). The molecule has 0 aromatic carbocycles. The van der Waals surface area contributed by atoms with Crippen molar-refractivity contribution < 1.29 is 9.22 Å². The zero-order valence-electron chi connectivity index (χ0n) is 21.1. The molecule has 0 aliphatic carbocycles. The van der Waals surface area contributed by atoms with E-state index in [1.54, 1.807) is 17.2 Å². The number of ether oxygens (including phenoxy) is 1. The molecule has 4 aromatic heterocycles. The van der Waals surface area contributed by atoms with Gasteiger partial charge in [0.05, 0.1) is 25.7 Å². The van der Waals surface area contributed by atoms with Crippen molar-refractivity contribution in [2.45, 2.75) is 60.2 Å². The van der Waals surface area contributed by atoms with Gasteiger partial charge in [-0.15, -0.1) is 0 Å². The number of aromatic nitrogens is 6. The van der Waals surface area contributed by atoms with Crippen LogP contribution >= 0.6 is 0 Å². The highest BCUT2D eigenvalue weighted by molar-refractivity contribution is 5.72. The standard InChI is InChI=1S/C25H37N8O/c1-7-33(8-2,9-3)15-20-10-12-32-24(20)25(27-17-29-32)30-23(18(4)5)19(6)34-21-11-13-31-22(14-21)26-16-28-31/h10-14,16-19,23H,7-9,15H2,1-6H3,(H,27,29,30)/q+1/t19-,23?/m1/s1. The summed E-state index contributed by atoms with van der Waals surface area (Å²) in [5, 5.41) is 12.3. The molecule has 0 amide bonds. The predicted molar refractivity (Wildman–Crippen MR) is 134 cm³/mol. The van der Waals surface area contributed by atoms with Gasteiger partial charge >= 0.3 is 0 Å². The fourth-order valence-corrected chi connectivity index (χ4v) is 4.76. The summed E-state index contributed by atoms with van der Waals surface area (Å²) < 4.78 is 11.0. The Morgan fingerprint density at radius 3 is 2.32 bits per heavy atom. The van der Waals surface area contributed by atoms with Gasteiger partial charge in [-0.25, -0.2) is 19.0 Å². The highest BCUT2D eigenvalue weighted by atomic mass is 16.5. The molecule has 182 valence electrons. The highest BCUT2D eigenvalue weighted by Crippen LogP contribution is 2.26. The summed E-state index contributed by atoms with van der Waals surface area (Å²) in [7, 11) is 0. The Bertz CT molecular complexity index is 1220. The summed E-state index contributed by atoms with van der Waals surface area (Å²) in [5.74, 6) is 1.93. The Labute approximate surface area is 201 Å². The second kappa shape index (κ2) is 9.97. The maximum Gasteiger partial charge on any atom is 0.158 e. The predicted octanol–water partition coefficient (Wildman–Crippen LogP) is 4.05. The molecular weight excluding hydrogens is 428 g/mol. The van der Waals surface area contributed by atoms with Crippen LogP contribution in [-0.4, -0.2) is 65.5 Å². The van der Waals surface area contributed by atoms with Crippen LogP contribution in [0.4, 0.5) is 5.82 Å². The molecule has 0 aliphatic heterocycles. The van der Waals surface area contributed by atoms with Gasteiger partial charge in [-0.3, -0.25) is 0 Å². The van der Waals surface area contributed by atoms with E-state index in [0.717, 1.165) is 53.4 Å². The molecule has 0 saturated heterocycles. The van der Waals surface area contributed by atoms with Crippen molar-refractivity contribution in [3.05, 3.63) is 48.8 Å². The van der Waals surface area contributed by atoms with Crippen LogP contribution in [0.2, 0.25) is 0 Å². The average molecular weight is 466 g/mol. The Hall–Kier alpha value is -3.20. The van der Waals surface area contributed by atoms with E-state index in [9.17, 15) is 0 Å². The highest BCUT2D eigenvalue weighted by Gasteiger charge is 2.27. The molecule has 4 aromatic rings. The number of hydrogen-bond acceptors (Lipinski definition) is 6. The van der Waals surface area contributed by atoms with Crippen LogP contribution in [0.3, 0.4) is 0 Å². The minimum Gasteiger partial charge on any atom is -0.488 e. The lowest BCUT2D eigenvalue weighted by Gasteiger charge is -2.35. The number of hydrogen-bond donors (Lipinski definition) is 1. The quantitative estimate of drug-likeness (QED) is 0.337. The Kier molecular flexibility index (Phi) is 7.02.